The zero-order valence-corrected chi connectivity index (χ0v) is 10.4. The molecule has 5 heteroatoms. The van der Waals surface area contributed by atoms with Gasteiger partial charge in [-0.1, -0.05) is 18.2 Å². The van der Waals surface area contributed by atoms with Crippen LogP contribution in [0.3, 0.4) is 0 Å². The largest absolute Gasteiger partial charge is 0.461 e. The number of benzene rings is 1. The van der Waals surface area contributed by atoms with Gasteiger partial charge in [0.2, 0.25) is 0 Å². The highest BCUT2D eigenvalue weighted by Crippen LogP contribution is 2.20. The number of nitrogens with two attached hydrogens (primary N) is 1. The minimum atomic E-state index is -0.493. The summed E-state index contributed by atoms with van der Waals surface area (Å²) in [5, 5.41) is 0. The van der Waals surface area contributed by atoms with E-state index < -0.39 is 5.97 Å². The standard InChI is InChI=1S/C13H15N3O2/c1-3-18-13(17)11-12(14)16(9(2)15-11)10-7-5-4-6-8-10/h4-8H,3,14H2,1-2H3. The molecule has 1 aromatic carbocycles. The third-order valence-electron chi connectivity index (χ3n) is 2.56. The zero-order chi connectivity index (χ0) is 13.1. The first kappa shape index (κ1) is 12.2. The molecule has 0 atom stereocenters. The van der Waals surface area contributed by atoms with Gasteiger partial charge >= 0.3 is 5.97 Å². The number of hydrogen-bond acceptors (Lipinski definition) is 4. The Kier molecular flexibility index (Phi) is 3.32. The lowest BCUT2D eigenvalue weighted by molar-refractivity contribution is 0.0521. The van der Waals surface area contributed by atoms with Gasteiger partial charge in [-0.2, -0.15) is 0 Å². The average Bonchev–Trinajstić information content (AvgIpc) is 2.66. The van der Waals surface area contributed by atoms with E-state index in [1.54, 1.807) is 18.4 Å². The number of carbonyl (C=O) groups is 1. The van der Waals surface area contributed by atoms with Crippen molar-refractivity contribution in [3.63, 3.8) is 0 Å². The van der Waals surface area contributed by atoms with Crippen LogP contribution in [0.25, 0.3) is 5.69 Å². The van der Waals surface area contributed by atoms with Crippen LogP contribution in [-0.4, -0.2) is 22.1 Å². The number of esters is 1. The second-order valence-corrected chi connectivity index (χ2v) is 3.78. The van der Waals surface area contributed by atoms with E-state index in [1.807, 2.05) is 30.3 Å². The molecule has 2 rings (SSSR count). The van der Waals surface area contributed by atoms with E-state index in [0.29, 0.717) is 18.2 Å². The first-order chi connectivity index (χ1) is 8.65. The quantitative estimate of drug-likeness (QED) is 0.839. The van der Waals surface area contributed by atoms with Crippen molar-refractivity contribution in [2.24, 2.45) is 0 Å². The highest BCUT2D eigenvalue weighted by atomic mass is 16.5. The van der Waals surface area contributed by atoms with Crippen LogP contribution in [0.1, 0.15) is 23.2 Å². The van der Waals surface area contributed by atoms with Crippen LogP contribution in [0, 0.1) is 6.92 Å². The lowest BCUT2D eigenvalue weighted by atomic mass is 10.3. The molecule has 0 spiro atoms. The van der Waals surface area contributed by atoms with Crippen LogP contribution in [0.15, 0.2) is 30.3 Å². The molecule has 2 N–H and O–H groups in total. The second kappa shape index (κ2) is 4.91. The Morgan fingerprint density at radius 2 is 2.06 bits per heavy atom. The third-order valence-corrected chi connectivity index (χ3v) is 2.56. The van der Waals surface area contributed by atoms with E-state index in [0.717, 1.165) is 5.69 Å². The highest BCUT2D eigenvalue weighted by Gasteiger charge is 2.20. The number of hydrogen-bond donors (Lipinski definition) is 1. The molecular weight excluding hydrogens is 230 g/mol. The topological polar surface area (TPSA) is 70.1 Å². The first-order valence-electron chi connectivity index (χ1n) is 5.72. The van der Waals surface area contributed by atoms with E-state index in [-0.39, 0.29) is 5.69 Å². The van der Waals surface area contributed by atoms with Crippen molar-refractivity contribution in [1.29, 1.82) is 0 Å². The molecule has 18 heavy (non-hydrogen) atoms. The van der Waals surface area contributed by atoms with Crippen LogP contribution in [0.2, 0.25) is 0 Å². The Labute approximate surface area is 105 Å². The Morgan fingerprint density at radius 3 is 2.67 bits per heavy atom. The minimum absolute atomic E-state index is 0.165. The summed E-state index contributed by atoms with van der Waals surface area (Å²) in [6.07, 6.45) is 0. The van der Waals surface area contributed by atoms with Gasteiger partial charge in [0, 0.05) is 5.69 Å². The fourth-order valence-electron chi connectivity index (χ4n) is 1.80. The Hall–Kier alpha value is -2.30. The fourth-order valence-corrected chi connectivity index (χ4v) is 1.80. The number of carbonyl (C=O) groups excluding carboxylic acids is 1. The summed E-state index contributed by atoms with van der Waals surface area (Å²) < 4.78 is 6.65. The predicted octanol–water partition coefficient (Wildman–Crippen LogP) is 1.94. The summed E-state index contributed by atoms with van der Waals surface area (Å²) in [4.78, 5) is 15.9. The van der Waals surface area contributed by atoms with Crippen LogP contribution in [0.5, 0.6) is 0 Å². The fraction of sp³-hybridized carbons (Fsp3) is 0.231. The number of aromatic nitrogens is 2. The van der Waals surface area contributed by atoms with Crippen LogP contribution >= 0.6 is 0 Å². The molecule has 0 aliphatic rings. The molecule has 94 valence electrons. The monoisotopic (exact) mass is 245 g/mol. The SMILES string of the molecule is CCOC(=O)c1nc(C)n(-c2ccccc2)c1N. The third kappa shape index (κ3) is 2.07. The molecule has 0 radical (unpaired) electrons. The van der Waals surface area contributed by atoms with Gasteiger partial charge < -0.3 is 10.5 Å². The number of para-hydroxylation sites is 1. The second-order valence-electron chi connectivity index (χ2n) is 3.78. The molecule has 0 aliphatic carbocycles. The normalized spacial score (nSPS) is 10.3. The van der Waals surface area contributed by atoms with Gasteiger partial charge in [-0.05, 0) is 26.0 Å². The number of rotatable bonds is 3. The average molecular weight is 245 g/mol. The number of nitrogen functional groups attached to an aromatic ring is 1. The lowest BCUT2D eigenvalue weighted by Crippen LogP contribution is -2.09. The van der Waals surface area contributed by atoms with Gasteiger partial charge in [-0.15, -0.1) is 0 Å². The summed E-state index contributed by atoms with van der Waals surface area (Å²) >= 11 is 0. The van der Waals surface area contributed by atoms with E-state index in [1.165, 1.54) is 0 Å². The molecule has 2 aromatic rings. The molecule has 1 aromatic heterocycles. The van der Waals surface area contributed by atoms with Gasteiger partial charge in [0.15, 0.2) is 5.69 Å². The van der Waals surface area contributed by atoms with Crippen molar-refractivity contribution < 1.29 is 9.53 Å². The molecule has 1 heterocycles. The Balaban J connectivity index is 2.48. The van der Waals surface area contributed by atoms with Crippen molar-refractivity contribution >= 4 is 11.8 Å². The molecule has 5 nitrogen and oxygen atoms in total. The smallest absolute Gasteiger partial charge is 0.360 e. The van der Waals surface area contributed by atoms with Gasteiger partial charge in [0.25, 0.3) is 0 Å². The van der Waals surface area contributed by atoms with Crippen LogP contribution < -0.4 is 5.73 Å². The molecule has 0 amide bonds. The molecular formula is C13H15N3O2. The highest BCUT2D eigenvalue weighted by molar-refractivity contribution is 5.92. The molecule has 0 saturated carbocycles. The number of ether oxygens (including phenoxy) is 1. The number of aryl methyl sites for hydroxylation is 1. The lowest BCUT2D eigenvalue weighted by Gasteiger charge is -2.07. The number of imidazole rings is 1. The van der Waals surface area contributed by atoms with Crippen molar-refractivity contribution in [3.05, 3.63) is 41.9 Å². The van der Waals surface area contributed by atoms with Crippen LogP contribution in [0.4, 0.5) is 5.82 Å². The molecule has 0 saturated heterocycles. The molecule has 0 aliphatic heterocycles. The van der Waals surface area contributed by atoms with E-state index in [2.05, 4.69) is 4.98 Å². The van der Waals surface area contributed by atoms with Gasteiger partial charge in [0.05, 0.1) is 6.61 Å². The Bertz CT molecular complexity index is 561. The summed E-state index contributed by atoms with van der Waals surface area (Å²) in [7, 11) is 0. The van der Waals surface area contributed by atoms with Gasteiger partial charge in [0.1, 0.15) is 11.6 Å². The number of anilines is 1. The predicted molar refractivity (Wildman–Crippen MR) is 68.7 cm³/mol. The van der Waals surface area contributed by atoms with Crippen molar-refractivity contribution in [2.75, 3.05) is 12.3 Å². The maximum Gasteiger partial charge on any atom is 0.360 e. The van der Waals surface area contributed by atoms with E-state index >= 15 is 0 Å². The first-order valence-corrected chi connectivity index (χ1v) is 5.72. The Morgan fingerprint density at radius 1 is 1.39 bits per heavy atom. The van der Waals surface area contributed by atoms with Crippen molar-refractivity contribution in [1.82, 2.24) is 9.55 Å². The van der Waals surface area contributed by atoms with Crippen molar-refractivity contribution in [2.45, 2.75) is 13.8 Å². The molecule has 0 unspecified atom stereocenters. The summed E-state index contributed by atoms with van der Waals surface area (Å²) in [6.45, 7) is 3.84. The molecule has 0 bridgehead atoms. The van der Waals surface area contributed by atoms with Crippen molar-refractivity contribution in [3.8, 4) is 5.69 Å². The van der Waals surface area contributed by atoms with Gasteiger partial charge in [-0.3, -0.25) is 4.57 Å². The van der Waals surface area contributed by atoms with Crippen LogP contribution in [-0.2, 0) is 4.74 Å². The van der Waals surface area contributed by atoms with E-state index in [4.69, 9.17) is 10.5 Å². The number of nitrogens with zero attached hydrogens (tertiary/aromatic N) is 2. The summed E-state index contributed by atoms with van der Waals surface area (Å²) in [5.74, 6) is 0.465. The minimum Gasteiger partial charge on any atom is -0.461 e. The maximum atomic E-state index is 11.7. The maximum absolute atomic E-state index is 11.7. The summed E-state index contributed by atoms with van der Waals surface area (Å²) in [5.41, 5.74) is 7.00. The van der Waals surface area contributed by atoms with E-state index in [9.17, 15) is 4.79 Å². The summed E-state index contributed by atoms with van der Waals surface area (Å²) in [6, 6.07) is 9.52. The molecule has 0 fully saturated rings. The van der Waals surface area contributed by atoms with Gasteiger partial charge in [-0.25, -0.2) is 9.78 Å². The zero-order valence-electron chi connectivity index (χ0n) is 10.4.